The highest BCUT2D eigenvalue weighted by Crippen LogP contribution is 2.40. The smallest absolute Gasteiger partial charge is 0.136 e. The van der Waals surface area contributed by atoms with Crippen molar-refractivity contribution in [3.63, 3.8) is 0 Å². The van der Waals surface area contributed by atoms with Gasteiger partial charge in [0.2, 0.25) is 0 Å². The van der Waals surface area contributed by atoms with E-state index in [1.165, 1.54) is 51.4 Å². The van der Waals surface area contributed by atoms with Crippen molar-refractivity contribution >= 4 is 69.0 Å². The molecule has 0 spiro atoms. The van der Waals surface area contributed by atoms with Gasteiger partial charge in [0.05, 0.1) is 58.3 Å². The van der Waals surface area contributed by atoms with Crippen molar-refractivity contribution in [1.29, 1.82) is 0 Å². The number of nitrogens with zero attached hydrogens (tertiary/aromatic N) is 2. The quantitative estimate of drug-likeness (QED) is 0.0719. The molecule has 4 aliphatic rings. The van der Waals surface area contributed by atoms with Crippen molar-refractivity contribution in [2.45, 2.75) is 117 Å². The molecule has 2 N–H and O–H groups in total. The monoisotopic (exact) mass is 1080 g/mol. The summed E-state index contributed by atoms with van der Waals surface area (Å²) in [6, 6.07) is 29.0. The van der Waals surface area contributed by atoms with E-state index in [9.17, 15) is 0 Å². The highest BCUT2D eigenvalue weighted by Gasteiger charge is 2.19. The Bertz CT molecular complexity index is 3230. The van der Waals surface area contributed by atoms with Gasteiger partial charge in [0.15, 0.2) is 0 Å². The molecule has 0 aliphatic carbocycles. The number of halogens is 1. The molecule has 7 heterocycles. The fraction of sp³-hybridized carbons (Fsp3) is 0.344. The van der Waals surface area contributed by atoms with E-state index in [2.05, 4.69) is 155 Å². The summed E-state index contributed by atoms with van der Waals surface area (Å²) in [4.78, 5) is 18.0. The Balaban J connectivity index is 1.19. The lowest BCUT2D eigenvalue weighted by Crippen LogP contribution is -2.03. The topological polar surface area (TPSA) is 94.3 Å². The third-order valence-corrected chi connectivity index (χ3v) is 14.3. The summed E-state index contributed by atoms with van der Waals surface area (Å²) in [7, 11) is 0. The summed E-state index contributed by atoms with van der Waals surface area (Å²) in [5.41, 5.74) is 12.9. The van der Waals surface area contributed by atoms with E-state index in [4.69, 9.17) is 35.3 Å². The number of aromatic amines is 2. The van der Waals surface area contributed by atoms with E-state index in [0.29, 0.717) is 26.4 Å². The number of ether oxygens (including phenoxy) is 4. The largest absolute Gasteiger partial charge is 0.493 e. The highest BCUT2D eigenvalue weighted by atomic mass is 127. The molecule has 10 rings (SSSR count). The number of H-pyrrole nitrogens is 2. The number of aromatic nitrogens is 4. The molecule has 0 amide bonds. The number of unbranched alkanes of at least 4 members (excludes halogenated alkanes) is 6. The molecular formula is C64H67IN4O4. The molecular weight excluding hydrogens is 1020 g/mol. The van der Waals surface area contributed by atoms with Gasteiger partial charge >= 0.3 is 0 Å². The van der Waals surface area contributed by atoms with Gasteiger partial charge < -0.3 is 28.9 Å². The summed E-state index contributed by atoms with van der Waals surface area (Å²) < 4.78 is 27.2. The van der Waals surface area contributed by atoms with Crippen molar-refractivity contribution in [2.75, 3.05) is 26.4 Å². The van der Waals surface area contributed by atoms with Gasteiger partial charge in [-0.2, -0.15) is 0 Å². The second-order valence-electron chi connectivity index (χ2n) is 19.1. The van der Waals surface area contributed by atoms with E-state index in [0.717, 1.165) is 162 Å². The molecule has 0 radical (unpaired) electrons. The van der Waals surface area contributed by atoms with Crippen LogP contribution in [-0.4, -0.2) is 46.4 Å². The number of terminal acetylenes is 1. The molecule has 6 aromatic rings. The zero-order valence-corrected chi connectivity index (χ0v) is 44.7. The molecule has 3 aromatic heterocycles. The van der Waals surface area contributed by atoms with Crippen LogP contribution in [0.5, 0.6) is 23.0 Å². The Morgan fingerprint density at radius 2 is 1.07 bits per heavy atom. The van der Waals surface area contributed by atoms with Crippen LogP contribution >= 0.6 is 22.6 Å². The van der Waals surface area contributed by atoms with E-state index in [1.807, 2.05) is 18.2 Å². The van der Waals surface area contributed by atoms with E-state index < -0.39 is 0 Å². The number of hydrogen-bond acceptors (Lipinski definition) is 6. The standard InChI is InChI=1S/C64H67IN4O4/c1-4-7-9-17-37-72-61-44-54(65)62(73-38-18-10-8-5-2)41-47(61)24-21-46-23-34-60-53(40-46)64-57-31-27-50(68-57)42-48-25-29-55(66-48)63(56-30-26-49(67-56)43-51-28-32-58(64)69-51)52-39-45(6-3)22-33-59(52)70-35-19-15-13-11-12-14-16-20-36-71-60/h3,22-23,25-34,39-44,66,69H,4-5,7-20,35-38H2,1-2H3. The van der Waals surface area contributed by atoms with Crippen LogP contribution in [0.15, 0.2) is 84.9 Å². The van der Waals surface area contributed by atoms with Crippen molar-refractivity contribution in [3.05, 3.63) is 128 Å². The lowest BCUT2D eigenvalue weighted by Gasteiger charge is -2.14. The first-order valence-corrected chi connectivity index (χ1v) is 27.8. The van der Waals surface area contributed by atoms with Gasteiger partial charge in [-0.25, -0.2) is 9.97 Å². The number of benzene rings is 3. The summed E-state index contributed by atoms with van der Waals surface area (Å²) in [6.45, 7) is 7.00. The van der Waals surface area contributed by atoms with Crippen LogP contribution in [-0.2, 0) is 0 Å². The Labute approximate surface area is 445 Å². The van der Waals surface area contributed by atoms with Gasteiger partial charge in [0.25, 0.3) is 0 Å². The fourth-order valence-corrected chi connectivity index (χ4v) is 10.2. The molecule has 0 saturated carbocycles. The Morgan fingerprint density at radius 3 is 1.62 bits per heavy atom. The van der Waals surface area contributed by atoms with Gasteiger partial charge in [-0.1, -0.05) is 109 Å². The first-order chi connectivity index (χ1) is 36.0. The molecule has 73 heavy (non-hydrogen) atoms. The minimum Gasteiger partial charge on any atom is -0.493 e. The number of rotatable bonds is 12. The van der Waals surface area contributed by atoms with Crippen LogP contribution in [0, 0.1) is 27.8 Å². The van der Waals surface area contributed by atoms with Crippen LogP contribution < -0.4 is 18.9 Å². The van der Waals surface area contributed by atoms with Gasteiger partial charge in [-0.3, -0.25) is 0 Å². The summed E-state index contributed by atoms with van der Waals surface area (Å²) in [5.74, 6) is 13.1. The van der Waals surface area contributed by atoms with Crippen LogP contribution in [0.2, 0.25) is 0 Å². The highest BCUT2D eigenvalue weighted by molar-refractivity contribution is 14.1. The van der Waals surface area contributed by atoms with Gasteiger partial charge in [0.1, 0.15) is 23.0 Å². The van der Waals surface area contributed by atoms with Crippen molar-refractivity contribution in [1.82, 2.24) is 19.9 Å². The SMILES string of the molecule is C#Cc1ccc2c(c1)-c1c3nc(cc4ccc([nH]4)c(c4nc(cc5ccc1[nH]5)C=C4)-c1cc(C#Cc4cc(OCCCCCC)c(I)cc4OCCCCCC)ccc1OCCCCCCCCCCO2)C=C3. The van der Waals surface area contributed by atoms with Crippen LogP contribution in [0.1, 0.15) is 156 Å². The molecule has 4 aliphatic heterocycles. The molecule has 0 unspecified atom stereocenters. The second-order valence-corrected chi connectivity index (χ2v) is 20.3. The Hall–Kier alpha value is -6.69. The zero-order valence-electron chi connectivity index (χ0n) is 42.5. The van der Waals surface area contributed by atoms with Crippen LogP contribution in [0.25, 0.3) is 68.6 Å². The summed E-state index contributed by atoms with van der Waals surface area (Å²) in [6.07, 6.45) is 32.3. The van der Waals surface area contributed by atoms with Crippen molar-refractivity contribution in [2.24, 2.45) is 0 Å². The molecule has 0 atom stereocenters. The number of fused-ring (bicyclic) bond motifs is 11. The maximum atomic E-state index is 6.79. The lowest BCUT2D eigenvalue weighted by molar-refractivity contribution is 0.294. The minimum atomic E-state index is 0.603. The lowest BCUT2D eigenvalue weighted by atomic mass is 10.00. The van der Waals surface area contributed by atoms with Gasteiger partial charge in [-0.05, 0) is 151 Å². The van der Waals surface area contributed by atoms with E-state index in [1.54, 1.807) is 0 Å². The number of nitrogens with one attached hydrogen (secondary N) is 2. The average Bonchev–Trinajstić information content (AvgIpc) is 4.25. The predicted molar refractivity (Wildman–Crippen MR) is 310 cm³/mol. The van der Waals surface area contributed by atoms with Gasteiger partial charge in [0, 0.05) is 61.5 Å². The first-order valence-electron chi connectivity index (χ1n) is 26.7. The summed E-state index contributed by atoms with van der Waals surface area (Å²) in [5, 5.41) is 0. The second kappa shape index (κ2) is 25.8. The maximum absolute atomic E-state index is 6.79. The molecule has 374 valence electrons. The third kappa shape index (κ3) is 13.5. The van der Waals surface area contributed by atoms with Crippen LogP contribution in [0.4, 0.5) is 0 Å². The van der Waals surface area contributed by atoms with E-state index in [-0.39, 0.29) is 0 Å². The molecule has 3 aromatic carbocycles. The van der Waals surface area contributed by atoms with Crippen molar-refractivity contribution < 1.29 is 18.9 Å². The third-order valence-electron chi connectivity index (χ3n) is 13.5. The molecule has 0 saturated heterocycles. The van der Waals surface area contributed by atoms with Crippen LogP contribution in [0.3, 0.4) is 0 Å². The Kier molecular flexibility index (Phi) is 18.1. The zero-order chi connectivity index (χ0) is 50.2. The Morgan fingerprint density at radius 1 is 0.548 bits per heavy atom. The summed E-state index contributed by atoms with van der Waals surface area (Å²) >= 11 is 2.36. The molecule has 0 fully saturated rings. The average molecular weight is 1080 g/mol. The maximum Gasteiger partial charge on any atom is 0.136 e. The van der Waals surface area contributed by atoms with E-state index >= 15 is 0 Å². The number of hydrogen-bond donors (Lipinski definition) is 2. The molecule has 10 bridgehead atoms. The fourth-order valence-electron chi connectivity index (χ4n) is 9.56. The van der Waals surface area contributed by atoms with Crippen molar-refractivity contribution in [3.8, 4) is 69.4 Å². The normalized spacial score (nSPS) is 13.7. The molecule has 8 nitrogen and oxygen atoms in total. The first kappa shape index (κ1) is 51.2. The molecule has 9 heteroatoms. The predicted octanol–water partition coefficient (Wildman–Crippen LogP) is 16.8. The minimum absolute atomic E-state index is 0.603. The van der Waals surface area contributed by atoms with Gasteiger partial charge in [-0.15, -0.1) is 6.42 Å².